The van der Waals surface area contributed by atoms with Crippen LogP contribution in [0.25, 0.3) is 0 Å². The van der Waals surface area contributed by atoms with Crippen LogP contribution >= 0.6 is 0 Å². The lowest BCUT2D eigenvalue weighted by Crippen LogP contribution is -2.30. The summed E-state index contributed by atoms with van der Waals surface area (Å²) >= 11 is 0. The van der Waals surface area contributed by atoms with E-state index in [2.05, 4.69) is 5.32 Å². The zero-order chi connectivity index (χ0) is 13.5. The van der Waals surface area contributed by atoms with Crippen LogP contribution in [0.1, 0.15) is 18.9 Å². The quantitative estimate of drug-likeness (QED) is 0.761. The Kier molecular flexibility index (Phi) is 5.45. The first-order valence-electron chi connectivity index (χ1n) is 5.80. The fourth-order valence-electron chi connectivity index (χ4n) is 1.75. The molecule has 1 atom stereocenters. The Morgan fingerprint density at radius 3 is 2.67 bits per heavy atom. The molecule has 0 fully saturated rings. The first kappa shape index (κ1) is 14.3. The Morgan fingerprint density at radius 2 is 2.11 bits per heavy atom. The highest BCUT2D eigenvalue weighted by Crippen LogP contribution is 2.30. The number of carbonyl (C=O) groups excluding carboxylic acids is 1. The first-order valence-corrected chi connectivity index (χ1v) is 5.80. The number of nitrogens with one attached hydrogen (secondary N) is 1. The lowest BCUT2D eigenvalue weighted by Gasteiger charge is -2.15. The van der Waals surface area contributed by atoms with E-state index in [9.17, 15) is 4.79 Å². The first-order chi connectivity index (χ1) is 8.58. The monoisotopic (exact) mass is 252 g/mol. The Morgan fingerprint density at radius 1 is 1.39 bits per heavy atom. The van der Waals surface area contributed by atoms with Crippen molar-refractivity contribution in [2.75, 3.05) is 14.2 Å². The SMILES string of the molecule is COc1cccc(CNC(C)CC(N)=O)c1OC. The number of hydrogen-bond donors (Lipinski definition) is 2. The second-order valence-electron chi connectivity index (χ2n) is 4.11. The topological polar surface area (TPSA) is 73.6 Å². The molecular formula is C13H20N2O3. The van der Waals surface area contributed by atoms with Gasteiger partial charge in [0.25, 0.3) is 0 Å². The number of para-hydroxylation sites is 1. The van der Waals surface area contributed by atoms with E-state index in [1.807, 2.05) is 25.1 Å². The summed E-state index contributed by atoms with van der Waals surface area (Å²) in [6, 6.07) is 5.72. The van der Waals surface area contributed by atoms with Gasteiger partial charge in [-0.05, 0) is 13.0 Å². The van der Waals surface area contributed by atoms with Crippen LogP contribution in [0.2, 0.25) is 0 Å². The van der Waals surface area contributed by atoms with Crippen molar-refractivity contribution in [3.63, 3.8) is 0 Å². The zero-order valence-electron chi connectivity index (χ0n) is 11.0. The Labute approximate surface area is 107 Å². The average molecular weight is 252 g/mol. The molecule has 0 heterocycles. The van der Waals surface area contributed by atoms with Crippen molar-refractivity contribution in [3.05, 3.63) is 23.8 Å². The van der Waals surface area contributed by atoms with Gasteiger partial charge in [0.15, 0.2) is 11.5 Å². The number of carbonyl (C=O) groups is 1. The number of methoxy groups -OCH3 is 2. The molecule has 3 N–H and O–H groups in total. The molecule has 0 aliphatic heterocycles. The third kappa shape index (κ3) is 3.92. The fraction of sp³-hybridized carbons (Fsp3) is 0.462. The van der Waals surface area contributed by atoms with Crippen LogP contribution in [0.5, 0.6) is 11.5 Å². The van der Waals surface area contributed by atoms with E-state index >= 15 is 0 Å². The maximum atomic E-state index is 10.8. The van der Waals surface area contributed by atoms with Gasteiger partial charge in [-0.15, -0.1) is 0 Å². The van der Waals surface area contributed by atoms with Crippen molar-refractivity contribution in [1.82, 2.24) is 5.32 Å². The van der Waals surface area contributed by atoms with E-state index in [1.54, 1.807) is 14.2 Å². The molecule has 5 nitrogen and oxygen atoms in total. The molecular weight excluding hydrogens is 232 g/mol. The van der Waals surface area contributed by atoms with Gasteiger partial charge in [0, 0.05) is 24.6 Å². The minimum absolute atomic E-state index is 0.0263. The molecule has 0 aliphatic rings. The Hall–Kier alpha value is -1.75. The minimum atomic E-state index is -0.312. The van der Waals surface area contributed by atoms with E-state index in [0.29, 0.717) is 24.5 Å². The number of benzene rings is 1. The van der Waals surface area contributed by atoms with Gasteiger partial charge >= 0.3 is 0 Å². The van der Waals surface area contributed by atoms with Gasteiger partial charge in [-0.1, -0.05) is 12.1 Å². The molecule has 1 aromatic carbocycles. The normalized spacial score (nSPS) is 11.9. The summed E-state index contributed by atoms with van der Waals surface area (Å²) < 4.78 is 10.5. The van der Waals surface area contributed by atoms with Gasteiger partial charge < -0.3 is 20.5 Å². The number of rotatable bonds is 7. The molecule has 0 saturated carbocycles. The predicted molar refractivity (Wildman–Crippen MR) is 69.7 cm³/mol. The maximum absolute atomic E-state index is 10.8. The van der Waals surface area contributed by atoms with Crippen LogP contribution in [0.15, 0.2) is 18.2 Å². The smallest absolute Gasteiger partial charge is 0.218 e. The molecule has 0 spiro atoms. The van der Waals surface area contributed by atoms with E-state index in [0.717, 1.165) is 5.56 Å². The fourth-order valence-corrected chi connectivity index (χ4v) is 1.75. The minimum Gasteiger partial charge on any atom is -0.493 e. The van der Waals surface area contributed by atoms with Crippen LogP contribution in [0.3, 0.4) is 0 Å². The highest BCUT2D eigenvalue weighted by atomic mass is 16.5. The molecule has 18 heavy (non-hydrogen) atoms. The lowest BCUT2D eigenvalue weighted by molar-refractivity contribution is -0.118. The van der Waals surface area contributed by atoms with E-state index in [1.165, 1.54) is 0 Å². The van der Waals surface area contributed by atoms with Crippen LogP contribution in [-0.2, 0) is 11.3 Å². The highest BCUT2D eigenvalue weighted by Gasteiger charge is 2.11. The molecule has 100 valence electrons. The Bertz CT molecular complexity index is 407. The summed E-state index contributed by atoms with van der Waals surface area (Å²) in [6.07, 6.45) is 0.312. The van der Waals surface area contributed by atoms with Crippen molar-refractivity contribution < 1.29 is 14.3 Å². The summed E-state index contributed by atoms with van der Waals surface area (Å²) in [5, 5.41) is 3.22. The highest BCUT2D eigenvalue weighted by molar-refractivity contribution is 5.74. The molecule has 0 bridgehead atoms. The molecule has 0 aliphatic carbocycles. The molecule has 0 radical (unpaired) electrons. The Balaban J connectivity index is 2.69. The van der Waals surface area contributed by atoms with Gasteiger partial charge in [-0.2, -0.15) is 0 Å². The van der Waals surface area contributed by atoms with E-state index in [-0.39, 0.29) is 11.9 Å². The number of nitrogens with two attached hydrogens (primary N) is 1. The van der Waals surface area contributed by atoms with Gasteiger partial charge in [-0.3, -0.25) is 4.79 Å². The van der Waals surface area contributed by atoms with Crippen molar-refractivity contribution in [3.8, 4) is 11.5 Å². The van der Waals surface area contributed by atoms with E-state index in [4.69, 9.17) is 15.2 Å². The number of primary amides is 1. The summed E-state index contributed by atoms with van der Waals surface area (Å²) in [5.74, 6) is 1.09. The van der Waals surface area contributed by atoms with Crippen LogP contribution in [0.4, 0.5) is 0 Å². The van der Waals surface area contributed by atoms with Gasteiger partial charge in [-0.25, -0.2) is 0 Å². The number of hydrogen-bond acceptors (Lipinski definition) is 4. The summed E-state index contributed by atoms with van der Waals surface area (Å²) in [5.41, 5.74) is 6.12. The van der Waals surface area contributed by atoms with Gasteiger partial charge in [0.1, 0.15) is 0 Å². The number of ether oxygens (including phenoxy) is 2. The van der Waals surface area contributed by atoms with E-state index < -0.39 is 0 Å². The summed E-state index contributed by atoms with van der Waals surface area (Å²) in [4.78, 5) is 10.8. The van der Waals surface area contributed by atoms with Crippen molar-refractivity contribution in [2.45, 2.75) is 25.9 Å². The average Bonchev–Trinajstić information content (AvgIpc) is 2.34. The largest absolute Gasteiger partial charge is 0.493 e. The second-order valence-corrected chi connectivity index (χ2v) is 4.11. The lowest BCUT2D eigenvalue weighted by atomic mass is 10.1. The second kappa shape index (κ2) is 6.86. The third-order valence-electron chi connectivity index (χ3n) is 2.63. The molecule has 1 rings (SSSR count). The molecule has 0 saturated heterocycles. The molecule has 1 amide bonds. The predicted octanol–water partition coefficient (Wildman–Crippen LogP) is 1.06. The van der Waals surface area contributed by atoms with Crippen LogP contribution < -0.4 is 20.5 Å². The van der Waals surface area contributed by atoms with Crippen molar-refractivity contribution >= 4 is 5.91 Å². The van der Waals surface area contributed by atoms with Crippen LogP contribution in [0, 0.1) is 0 Å². The third-order valence-corrected chi connectivity index (χ3v) is 2.63. The van der Waals surface area contributed by atoms with Crippen molar-refractivity contribution in [1.29, 1.82) is 0 Å². The van der Waals surface area contributed by atoms with Crippen LogP contribution in [-0.4, -0.2) is 26.2 Å². The van der Waals surface area contributed by atoms with Gasteiger partial charge in [0.2, 0.25) is 5.91 Å². The van der Waals surface area contributed by atoms with Gasteiger partial charge in [0.05, 0.1) is 14.2 Å². The standard InChI is InChI=1S/C13H20N2O3/c1-9(7-12(14)16)15-8-10-5-4-6-11(17-2)13(10)18-3/h4-6,9,15H,7-8H2,1-3H3,(H2,14,16). The molecule has 1 aromatic rings. The number of amides is 1. The molecule has 0 aromatic heterocycles. The zero-order valence-corrected chi connectivity index (χ0v) is 11.0. The summed E-state index contributed by atoms with van der Waals surface area (Å²) in [6.45, 7) is 2.51. The maximum Gasteiger partial charge on any atom is 0.218 e. The summed E-state index contributed by atoms with van der Waals surface area (Å²) in [7, 11) is 3.21. The molecule has 5 heteroatoms. The van der Waals surface area contributed by atoms with Crippen molar-refractivity contribution in [2.24, 2.45) is 5.73 Å². The molecule has 1 unspecified atom stereocenters.